The van der Waals surface area contributed by atoms with Gasteiger partial charge >= 0.3 is 0 Å². The zero-order valence-corrected chi connectivity index (χ0v) is 14.4. The maximum atomic E-state index is 12.6. The van der Waals surface area contributed by atoms with Crippen LogP contribution in [0.5, 0.6) is 0 Å². The molecule has 2 aromatic rings. The van der Waals surface area contributed by atoms with Crippen molar-refractivity contribution >= 4 is 27.5 Å². The van der Waals surface area contributed by atoms with Crippen LogP contribution in [0.4, 0.5) is 0 Å². The smallest absolute Gasteiger partial charge is 0.222 e. The summed E-state index contributed by atoms with van der Waals surface area (Å²) in [5, 5.41) is 1.21. The number of piperidine rings is 1. The average molecular weight is 328 g/mol. The Hall–Kier alpha value is -1.42. The fraction of sp³-hybridized carbons (Fsp3) is 0.579. The van der Waals surface area contributed by atoms with Crippen molar-refractivity contribution in [1.82, 2.24) is 9.88 Å². The number of carbonyl (C=O) groups is 1. The second kappa shape index (κ2) is 6.60. The summed E-state index contributed by atoms with van der Waals surface area (Å²) in [6.45, 7) is 1.80. The topological polar surface area (TPSA) is 33.2 Å². The van der Waals surface area contributed by atoms with E-state index in [1.807, 2.05) is 6.07 Å². The van der Waals surface area contributed by atoms with Gasteiger partial charge in [0.2, 0.25) is 5.91 Å². The summed E-state index contributed by atoms with van der Waals surface area (Å²) < 4.78 is 1.26. The number of hydrogen-bond acceptors (Lipinski definition) is 3. The van der Waals surface area contributed by atoms with Gasteiger partial charge in [-0.05, 0) is 43.7 Å². The highest BCUT2D eigenvalue weighted by Gasteiger charge is 2.28. The number of para-hydroxylation sites is 1. The molecule has 1 saturated heterocycles. The standard InChI is InChI=1S/C19H24N2OS/c22-18(12-14-6-1-2-7-14)21-11-5-8-15(13-21)19-20-16-9-3-4-10-17(16)23-19/h3-4,9-10,14-15H,1-2,5-8,11-13H2/t15-/m1/s1. The fourth-order valence-electron chi connectivity index (χ4n) is 4.06. The van der Waals surface area contributed by atoms with Crippen molar-refractivity contribution in [3.8, 4) is 0 Å². The molecule has 1 aliphatic carbocycles. The zero-order chi connectivity index (χ0) is 15.6. The monoisotopic (exact) mass is 328 g/mol. The molecule has 122 valence electrons. The second-order valence-electron chi connectivity index (χ2n) is 7.05. The van der Waals surface area contributed by atoms with Crippen molar-refractivity contribution in [2.75, 3.05) is 13.1 Å². The van der Waals surface area contributed by atoms with Crippen molar-refractivity contribution in [3.05, 3.63) is 29.3 Å². The van der Waals surface area contributed by atoms with E-state index in [9.17, 15) is 4.79 Å². The molecule has 0 spiro atoms. The molecule has 2 fully saturated rings. The van der Waals surface area contributed by atoms with Crippen LogP contribution in [-0.4, -0.2) is 28.9 Å². The Morgan fingerprint density at radius 2 is 2.00 bits per heavy atom. The number of rotatable bonds is 3. The Bertz CT molecular complexity index is 656. The van der Waals surface area contributed by atoms with Gasteiger partial charge in [0, 0.05) is 25.4 Å². The number of thiazole rings is 1. The summed E-state index contributed by atoms with van der Waals surface area (Å²) in [5.74, 6) is 1.45. The van der Waals surface area contributed by atoms with Crippen molar-refractivity contribution < 1.29 is 4.79 Å². The van der Waals surface area contributed by atoms with E-state index in [4.69, 9.17) is 4.98 Å². The minimum Gasteiger partial charge on any atom is -0.342 e. The highest BCUT2D eigenvalue weighted by Crippen LogP contribution is 2.34. The van der Waals surface area contributed by atoms with Crippen molar-refractivity contribution in [2.45, 2.75) is 50.9 Å². The fourth-order valence-corrected chi connectivity index (χ4v) is 5.15. The Morgan fingerprint density at radius 1 is 1.17 bits per heavy atom. The van der Waals surface area contributed by atoms with Gasteiger partial charge in [-0.3, -0.25) is 4.79 Å². The van der Waals surface area contributed by atoms with Crippen LogP contribution in [0.3, 0.4) is 0 Å². The van der Waals surface area contributed by atoms with Gasteiger partial charge in [-0.1, -0.05) is 25.0 Å². The quantitative estimate of drug-likeness (QED) is 0.826. The Labute approximate surface area is 141 Å². The van der Waals surface area contributed by atoms with E-state index in [2.05, 4.69) is 23.1 Å². The number of likely N-dealkylation sites (tertiary alicyclic amines) is 1. The lowest BCUT2D eigenvalue weighted by molar-refractivity contribution is -0.133. The molecule has 1 amide bonds. The molecule has 23 heavy (non-hydrogen) atoms. The van der Waals surface area contributed by atoms with Gasteiger partial charge in [0.05, 0.1) is 15.2 Å². The molecule has 0 bridgehead atoms. The Morgan fingerprint density at radius 3 is 2.83 bits per heavy atom. The first-order chi connectivity index (χ1) is 11.3. The summed E-state index contributed by atoms with van der Waals surface area (Å²) in [4.78, 5) is 19.5. The maximum absolute atomic E-state index is 12.6. The number of benzene rings is 1. The maximum Gasteiger partial charge on any atom is 0.222 e. The van der Waals surface area contributed by atoms with E-state index in [0.717, 1.165) is 37.9 Å². The normalized spacial score (nSPS) is 22.8. The highest BCUT2D eigenvalue weighted by atomic mass is 32.1. The molecule has 2 heterocycles. The summed E-state index contributed by atoms with van der Waals surface area (Å²) >= 11 is 1.80. The molecule has 0 radical (unpaired) electrons. The van der Waals surface area contributed by atoms with Crippen molar-refractivity contribution in [2.24, 2.45) is 5.92 Å². The second-order valence-corrected chi connectivity index (χ2v) is 8.12. The number of carbonyl (C=O) groups excluding carboxylic acids is 1. The molecule has 1 aliphatic heterocycles. The SMILES string of the molecule is O=C(CC1CCCC1)N1CCC[C@@H](c2nc3ccccc3s2)C1. The first-order valence-electron chi connectivity index (χ1n) is 8.93. The van der Waals surface area contributed by atoms with E-state index < -0.39 is 0 Å². The van der Waals surface area contributed by atoms with Gasteiger partial charge in [-0.15, -0.1) is 11.3 Å². The Balaban J connectivity index is 1.44. The summed E-state index contributed by atoms with van der Waals surface area (Å²) in [5.41, 5.74) is 1.10. The largest absolute Gasteiger partial charge is 0.342 e. The molecule has 0 unspecified atom stereocenters. The molecule has 1 aromatic carbocycles. The van der Waals surface area contributed by atoms with E-state index in [1.54, 1.807) is 11.3 Å². The predicted octanol–water partition coefficient (Wildman–Crippen LogP) is 4.58. The van der Waals surface area contributed by atoms with Gasteiger partial charge in [-0.2, -0.15) is 0 Å². The van der Waals surface area contributed by atoms with Crippen LogP contribution in [0, 0.1) is 5.92 Å². The molecule has 1 aromatic heterocycles. The molecule has 4 heteroatoms. The van der Waals surface area contributed by atoms with Crippen LogP contribution < -0.4 is 0 Å². The molecule has 0 N–H and O–H groups in total. The number of amides is 1. The first-order valence-corrected chi connectivity index (χ1v) is 9.74. The first kappa shape index (κ1) is 15.1. The van der Waals surface area contributed by atoms with Crippen LogP contribution in [0.15, 0.2) is 24.3 Å². The van der Waals surface area contributed by atoms with Gasteiger partial charge < -0.3 is 4.90 Å². The van der Waals surface area contributed by atoms with Crippen LogP contribution in [0.2, 0.25) is 0 Å². The van der Waals surface area contributed by atoms with Crippen LogP contribution in [0.25, 0.3) is 10.2 Å². The third-order valence-electron chi connectivity index (χ3n) is 5.37. The van der Waals surface area contributed by atoms with Crippen LogP contribution in [-0.2, 0) is 4.79 Å². The lowest BCUT2D eigenvalue weighted by atomic mass is 9.97. The van der Waals surface area contributed by atoms with Crippen LogP contribution >= 0.6 is 11.3 Å². The van der Waals surface area contributed by atoms with Crippen molar-refractivity contribution in [3.63, 3.8) is 0 Å². The Kier molecular flexibility index (Phi) is 4.34. The summed E-state index contributed by atoms with van der Waals surface area (Å²) in [7, 11) is 0. The van der Waals surface area contributed by atoms with E-state index in [1.165, 1.54) is 35.4 Å². The van der Waals surface area contributed by atoms with Gasteiger partial charge in [-0.25, -0.2) is 4.98 Å². The van der Waals surface area contributed by atoms with Gasteiger partial charge in [0.25, 0.3) is 0 Å². The lowest BCUT2D eigenvalue weighted by Gasteiger charge is -2.32. The van der Waals surface area contributed by atoms with Gasteiger partial charge in [0.15, 0.2) is 0 Å². The third kappa shape index (κ3) is 3.27. The minimum atomic E-state index is 0.378. The lowest BCUT2D eigenvalue weighted by Crippen LogP contribution is -2.39. The molecular weight excluding hydrogens is 304 g/mol. The van der Waals surface area contributed by atoms with E-state index in [-0.39, 0.29) is 0 Å². The van der Waals surface area contributed by atoms with Gasteiger partial charge in [0.1, 0.15) is 0 Å². The van der Waals surface area contributed by atoms with E-state index in [0.29, 0.717) is 17.7 Å². The number of hydrogen-bond donors (Lipinski definition) is 0. The average Bonchev–Trinajstić information content (AvgIpc) is 3.24. The van der Waals surface area contributed by atoms with Crippen LogP contribution in [0.1, 0.15) is 55.9 Å². The molecule has 2 aliphatic rings. The molecule has 1 atom stereocenters. The molecule has 1 saturated carbocycles. The third-order valence-corrected chi connectivity index (χ3v) is 6.57. The summed E-state index contributed by atoms with van der Waals surface area (Å²) in [6, 6.07) is 8.34. The highest BCUT2D eigenvalue weighted by molar-refractivity contribution is 7.18. The zero-order valence-electron chi connectivity index (χ0n) is 13.5. The number of nitrogens with zero attached hydrogens (tertiary/aromatic N) is 2. The molecule has 4 rings (SSSR count). The molecule has 3 nitrogen and oxygen atoms in total. The summed E-state index contributed by atoms with van der Waals surface area (Å²) in [6.07, 6.45) is 8.16. The number of aromatic nitrogens is 1. The minimum absolute atomic E-state index is 0.378. The van der Waals surface area contributed by atoms with E-state index >= 15 is 0 Å². The van der Waals surface area contributed by atoms with Crippen molar-refractivity contribution in [1.29, 1.82) is 0 Å². The predicted molar refractivity (Wildman–Crippen MR) is 94.8 cm³/mol. The number of fused-ring (bicyclic) bond motifs is 1. The molecular formula is C19H24N2OS.